The first kappa shape index (κ1) is 17.3. The largest absolute Gasteiger partial charge is 0.346 e. The van der Waals surface area contributed by atoms with E-state index in [0.29, 0.717) is 51.7 Å². The van der Waals surface area contributed by atoms with E-state index in [1.54, 1.807) is 12.4 Å². The molecule has 1 aromatic heterocycles. The molecule has 1 unspecified atom stereocenters. The van der Waals surface area contributed by atoms with E-state index in [4.69, 9.17) is 9.47 Å². The lowest BCUT2D eigenvalue weighted by Crippen LogP contribution is -2.62. The Bertz CT molecular complexity index is 550. The fourth-order valence-corrected chi connectivity index (χ4v) is 3.20. The van der Waals surface area contributed by atoms with Crippen LogP contribution >= 0.6 is 0 Å². The van der Waals surface area contributed by atoms with Crippen molar-refractivity contribution >= 4 is 5.91 Å². The molecule has 3 rings (SSSR count). The molecule has 132 valence electrons. The Morgan fingerprint density at radius 2 is 1.92 bits per heavy atom. The Morgan fingerprint density at radius 1 is 1.21 bits per heavy atom. The van der Waals surface area contributed by atoms with Gasteiger partial charge in [-0.1, -0.05) is 13.8 Å². The van der Waals surface area contributed by atoms with Crippen molar-refractivity contribution in [3.05, 3.63) is 24.3 Å². The molecule has 7 heteroatoms. The zero-order valence-electron chi connectivity index (χ0n) is 14.5. The lowest BCUT2D eigenvalue weighted by Gasteiger charge is -2.47. The second kappa shape index (κ2) is 7.55. The summed E-state index contributed by atoms with van der Waals surface area (Å²) in [5.41, 5.74) is 0. The molecule has 2 aliphatic heterocycles. The molecule has 1 spiro atoms. The minimum absolute atomic E-state index is 0.180. The van der Waals surface area contributed by atoms with Crippen LogP contribution in [0.5, 0.6) is 0 Å². The van der Waals surface area contributed by atoms with Gasteiger partial charge in [0.25, 0.3) is 0 Å². The van der Waals surface area contributed by atoms with E-state index >= 15 is 0 Å². The summed E-state index contributed by atoms with van der Waals surface area (Å²) in [6, 6.07) is 1.81. The Hall–Kier alpha value is -1.57. The number of hydrogen-bond donors (Lipinski definition) is 0. The molecular formula is C17H26N4O3. The third-order valence-corrected chi connectivity index (χ3v) is 4.32. The number of rotatable bonds is 4. The molecule has 0 aliphatic carbocycles. The number of morpholine rings is 2. The number of carbonyl (C=O) groups excluding carboxylic acids is 1. The zero-order chi connectivity index (χ0) is 17.0. The van der Waals surface area contributed by atoms with Crippen LogP contribution in [0.25, 0.3) is 0 Å². The maximum atomic E-state index is 12.4. The predicted molar refractivity (Wildman–Crippen MR) is 88.0 cm³/mol. The summed E-state index contributed by atoms with van der Waals surface area (Å²) in [6.45, 7) is 8.44. The van der Waals surface area contributed by atoms with Gasteiger partial charge in [-0.25, -0.2) is 9.97 Å². The Morgan fingerprint density at radius 3 is 2.62 bits per heavy atom. The van der Waals surface area contributed by atoms with E-state index < -0.39 is 5.79 Å². The van der Waals surface area contributed by atoms with Gasteiger partial charge >= 0.3 is 0 Å². The summed E-state index contributed by atoms with van der Waals surface area (Å²) in [5.74, 6) is 0.603. The van der Waals surface area contributed by atoms with E-state index in [1.165, 1.54) is 0 Å². The van der Waals surface area contributed by atoms with Crippen LogP contribution in [0.4, 0.5) is 0 Å². The van der Waals surface area contributed by atoms with E-state index in [1.807, 2.05) is 11.0 Å². The normalized spacial score (nSPS) is 25.4. The van der Waals surface area contributed by atoms with Crippen LogP contribution < -0.4 is 0 Å². The molecule has 0 aromatic carbocycles. The molecule has 2 fully saturated rings. The number of hydrogen-bond acceptors (Lipinski definition) is 6. The van der Waals surface area contributed by atoms with Gasteiger partial charge in [0.15, 0.2) is 5.79 Å². The topological polar surface area (TPSA) is 67.8 Å². The predicted octanol–water partition coefficient (Wildman–Crippen LogP) is 0.910. The van der Waals surface area contributed by atoms with Gasteiger partial charge in [-0.3, -0.25) is 9.69 Å². The summed E-state index contributed by atoms with van der Waals surface area (Å²) in [4.78, 5) is 25.1. The minimum Gasteiger partial charge on any atom is -0.346 e. The zero-order valence-corrected chi connectivity index (χ0v) is 14.5. The minimum atomic E-state index is -0.724. The van der Waals surface area contributed by atoms with Gasteiger partial charge in [0.2, 0.25) is 5.91 Å². The van der Waals surface area contributed by atoms with Gasteiger partial charge in [-0.05, 0) is 12.0 Å². The first-order valence-corrected chi connectivity index (χ1v) is 8.60. The van der Waals surface area contributed by atoms with Crippen LogP contribution in [-0.4, -0.2) is 70.9 Å². The van der Waals surface area contributed by atoms with E-state index in [2.05, 4.69) is 28.7 Å². The fraction of sp³-hybridized carbons (Fsp3) is 0.706. The van der Waals surface area contributed by atoms with Gasteiger partial charge in [0, 0.05) is 31.9 Å². The van der Waals surface area contributed by atoms with Crippen molar-refractivity contribution in [2.24, 2.45) is 5.92 Å². The number of carbonyl (C=O) groups is 1. The standard InChI is InChI=1S/C17H26N4O3/c1-14(2)10-16(22)21-7-9-24-17(13-21)12-20(6-8-23-17)11-15-18-4-3-5-19-15/h3-5,14H,6-13H2,1-2H3. The van der Waals surface area contributed by atoms with Crippen LogP contribution in [0.15, 0.2) is 18.5 Å². The smallest absolute Gasteiger partial charge is 0.223 e. The first-order chi connectivity index (χ1) is 11.6. The third-order valence-electron chi connectivity index (χ3n) is 4.32. The molecule has 2 saturated heterocycles. The van der Waals surface area contributed by atoms with Crippen molar-refractivity contribution in [1.82, 2.24) is 19.8 Å². The first-order valence-electron chi connectivity index (χ1n) is 8.60. The molecule has 1 amide bonds. The van der Waals surface area contributed by atoms with Gasteiger partial charge in [0.05, 0.1) is 32.8 Å². The van der Waals surface area contributed by atoms with Crippen molar-refractivity contribution in [1.29, 1.82) is 0 Å². The number of ether oxygens (including phenoxy) is 2. The van der Waals surface area contributed by atoms with E-state index in [0.717, 1.165) is 12.4 Å². The lowest BCUT2D eigenvalue weighted by atomic mass is 10.1. The lowest BCUT2D eigenvalue weighted by molar-refractivity contribution is -0.290. The number of aromatic nitrogens is 2. The molecule has 2 aliphatic rings. The summed E-state index contributed by atoms with van der Waals surface area (Å²) in [7, 11) is 0. The maximum Gasteiger partial charge on any atom is 0.223 e. The molecule has 0 N–H and O–H groups in total. The highest BCUT2D eigenvalue weighted by molar-refractivity contribution is 5.76. The van der Waals surface area contributed by atoms with Gasteiger partial charge < -0.3 is 14.4 Å². The Kier molecular flexibility index (Phi) is 5.43. The average Bonchev–Trinajstić information content (AvgIpc) is 2.55. The van der Waals surface area contributed by atoms with Gasteiger partial charge in [0.1, 0.15) is 5.82 Å². The summed E-state index contributed by atoms with van der Waals surface area (Å²) in [6.07, 6.45) is 4.07. The summed E-state index contributed by atoms with van der Waals surface area (Å²) in [5, 5.41) is 0. The Labute approximate surface area is 143 Å². The molecule has 1 atom stereocenters. The van der Waals surface area contributed by atoms with Gasteiger partial charge in [-0.2, -0.15) is 0 Å². The molecule has 3 heterocycles. The fourth-order valence-electron chi connectivity index (χ4n) is 3.20. The van der Waals surface area contributed by atoms with Crippen LogP contribution in [-0.2, 0) is 20.8 Å². The number of nitrogens with zero attached hydrogens (tertiary/aromatic N) is 4. The van der Waals surface area contributed by atoms with Gasteiger partial charge in [-0.15, -0.1) is 0 Å². The quantitative estimate of drug-likeness (QED) is 0.815. The van der Waals surface area contributed by atoms with Crippen molar-refractivity contribution in [2.45, 2.75) is 32.6 Å². The second-order valence-electron chi connectivity index (χ2n) is 6.90. The molecule has 24 heavy (non-hydrogen) atoms. The molecule has 0 bridgehead atoms. The highest BCUT2D eigenvalue weighted by atomic mass is 16.7. The molecule has 7 nitrogen and oxygen atoms in total. The van der Waals surface area contributed by atoms with Crippen molar-refractivity contribution in [2.75, 3.05) is 39.4 Å². The Balaban J connectivity index is 1.62. The van der Waals surface area contributed by atoms with Crippen LogP contribution in [0, 0.1) is 5.92 Å². The second-order valence-corrected chi connectivity index (χ2v) is 6.90. The molecule has 1 aromatic rings. The molecular weight excluding hydrogens is 308 g/mol. The van der Waals surface area contributed by atoms with Crippen molar-refractivity contribution in [3.63, 3.8) is 0 Å². The van der Waals surface area contributed by atoms with Crippen molar-refractivity contribution < 1.29 is 14.3 Å². The molecule has 0 saturated carbocycles. The van der Waals surface area contributed by atoms with Crippen LogP contribution in [0.3, 0.4) is 0 Å². The highest BCUT2D eigenvalue weighted by Crippen LogP contribution is 2.26. The highest BCUT2D eigenvalue weighted by Gasteiger charge is 2.43. The monoisotopic (exact) mass is 334 g/mol. The molecule has 0 radical (unpaired) electrons. The van der Waals surface area contributed by atoms with Crippen LogP contribution in [0.1, 0.15) is 26.1 Å². The van der Waals surface area contributed by atoms with E-state index in [-0.39, 0.29) is 5.91 Å². The van der Waals surface area contributed by atoms with E-state index in [9.17, 15) is 4.79 Å². The SMILES string of the molecule is CC(C)CC(=O)N1CCOC2(CN(Cc3ncccn3)CCO2)C1. The maximum absolute atomic E-state index is 12.4. The number of amides is 1. The third kappa shape index (κ3) is 4.28. The summed E-state index contributed by atoms with van der Waals surface area (Å²) >= 11 is 0. The summed E-state index contributed by atoms with van der Waals surface area (Å²) < 4.78 is 11.9. The average molecular weight is 334 g/mol. The van der Waals surface area contributed by atoms with Crippen molar-refractivity contribution in [3.8, 4) is 0 Å². The van der Waals surface area contributed by atoms with Crippen LogP contribution in [0.2, 0.25) is 0 Å².